The second-order valence-electron chi connectivity index (χ2n) is 10.4. The molecule has 0 bridgehead atoms. The van der Waals surface area contributed by atoms with E-state index in [1.807, 2.05) is 0 Å². The Morgan fingerprint density at radius 1 is 0.568 bits per heavy atom. The number of hydrogen-bond acceptors (Lipinski definition) is 10. The smallest absolute Gasteiger partial charge is 0.181 e. The molecule has 4 aromatic carbocycles. The van der Waals surface area contributed by atoms with Gasteiger partial charge in [0.05, 0.1) is 40.3 Å². The SMILES string of the molecule is COc1ccc(C2C(=O)c3c(O)cc(OC)cc3OC2C2Oc3cc(OC)cc(OC)c3C(=O)C2c2ccc(O)cc2)cc1. The molecule has 2 heterocycles. The first-order valence-corrected chi connectivity index (χ1v) is 13.8. The minimum absolute atomic E-state index is 0.00470. The number of Topliss-reactive ketones (excluding diaryl/α,β-unsaturated/α-hetero) is 2. The summed E-state index contributed by atoms with van der Waals surface area (Å²) in [6, 6.07) is 19.2. The highest BCUT2D eigenvalue weighted by Crippen LogP contribution is 2.50. The molecule has 4 aromatic rings. The summed E-state index contributed by atoms with van der Waals surface area (Å²) in [6.45, 7) is 0. The number of phenols is 2. The summed E-state index contributed by atoms with van der Waals surface area (Å²) in [5.41, 5.74) is 1.31. The molecule has 0 fully saturated rings. The van der Waals surface area contributed by atoms with Gasteiger partial charge in [0.25, 0.3) is 0 Å². The summed E-state index contributed by atoms with van der Waals surface area (Å²) in [7, 11) is 5.91. The summed E-state index contributed by atoms with van der Waals surface area (Å²) in [5, 5.41) is 20.9. The van der Waals surface area contributed by atoms with Gasteiger partial charge < -0.3 is 38.6 Å². The van der Waals surface area contributed by atoms with Gasteiger partial charge in [0.15, 0.2) is 23.8 Å². The third kappa shape index (κ3) is 4.78. The zero-order valence-electron chi connectivity index (χ0n) is 24.4. The average Bonchev–Trinajstić information content (AvgIpc) is 3.04. The molecular weight excluding hydrogens is 568 g/mol. The van der Waals surface area contributed by atoms with E-state index < -0.39 is 29.8 Å². The van der Waals surface area contributed by atoms with Gasteiger partial charge in [-0.3, -0.25) is 9.59 Å². The van der Waals surface area contributed by atoms with Gasteiger partial charge in [-0.25, -0.2) is 0 Å². The number of carbonyl (C=O) groups excluding carboxylic acids is 2. The number of ketones is 2. The number of methoxy groups -OCH3 is 4. The molecule has 226 valence electrons. The van der Waals surface area contributed by atoms with Gasteiger partial charge >= 0.3 is 0 Å². The Morgan fingerprint density at radius 2 is 1.05 bits per heavy atom. The third-order valence-corrected chi connectivity index (χ3v) is 8.08. The first-order chi connectivity index (χ1) is 21.3. The predicted octanol–water partition coefficient (Wildman–Crippen LogP) is 5.29. The van der Waals surface area contributed by atoms with Gasteiger partial charge in [-0.2, -0.15) is 0 Å². The van der Waals surface area contributed by atoms with Crippen molar-refractivity contribution in [2.24, 2.45) is 0 Å². The predicted molar refractivity (Wildman–Crippen MR) is 158 cm³/mol. The van der Waals surface area contributed by atoms with Crippen LogP contribution >= 0.6 is 0 Å². The Labute approximate surface area is 253 Å². The Bertz CT molecular complexity index is 1730. The summed E-state index contributed by atoms with van der Waals surface area (Å²) in [5.74, 6) is -1.17. The van der Waals surface area contributed by atoms with E-state index in [4.69, 9.17) is 28.4 Å². The van der Waals surface area contributed by atoms with Crippen molar-refractivity contribution in [1.29, 1.82) is 0 Å². The number of fused-ring (bicyclic) bond motifs is 2. The van der Waals surface area contributed by atoms with Crippen LogP contribution in [0, 0.1) is 0 Å². The maximum absolute atomic E-state index is 14.5. The molecule has 6 rings (SSSR count). The van der Waals surface area contributed by atoms with Crippen LogP contribution in [-0.2, 0) is 0 Å². The van der Waals surface area contributed by atoms with Gasteiger partial charge in [0, 0.05) is 24.3 Å². The molecule has 0 saturated heterocycles. The van der Waals surface area contributed by atoms with Gasteiger partial charge in [-0.1, -0.05) is 24.3 Å². The average molecular weight is 599 g/mol. The van der Waals surface area contributed by atoms with Crippen LogP contribution in [-0.4, -0.2) is 62.4 Å². The Kier molecular flexibility index (Phi) is 7.42. The van der Waals surface area contributed by atoms with Crippen molar-refractivity contribution < 1.29 is 48.2 Å². The lowest BCUT2D eigenvalue weighted by Crippen LogP contribution is -2.52. The highest BCUT2D eigenvalue weighted by atomic mass is 16.6. The van der Waals surface area contributed by atoms with Gasteiger partial charge in [-0.05, 0) is 35.4 Å². The van der Waals surface area contributed by atoms with Crippen molar-refractivity contribution in [3.8, 4) is 46.0 Å². The van der Waals surface area contributed by atoms with Crippen molar-refractivity contribution in [1.82, 2.24) is 0 Å². The lowest BCUT2D eigenvalue weighted by molar-refractivity contribution is 0.00726. The number of ether oxygens (including phenoxy) is 6. The van der Waals surface area contributed by atoms with Crippen molar-refractivity contribution in [3.05, 3.63) is 95.1 Å². The van der Waals surface area contributed by atoms with Gasteiger partial charge in [-0.15, -0.1) is 0 Å². The maximum Gasteiger partial charge on any atom is 0.181 e. The van der Waals surface area contributed by atoms with Crippen LogP contribution in [0.2, 0.25) is 0 Å². The number of aromatic hydroxyl groups is 2. The molecule has 0 aliphatic carbocycles. The normalized spacial score (nSPS) is 20.5. The van der Waals surface area contributed by atoms with E-state index >= 15 is 0 Å². The Balaban J connectivity index is 1.58. The van der Waals surface area contributed by atoms with E-state index in [1.54, 1.807) is 48.5 Å². The van der Waals surface area contributed by atoms with E-state index in [1.165, 1.54) is 52.7 Å². The molecule has 0 saturated carbocycles. The fourth-order valence-corrected chi connectivity index (χ4v) is 5.94. The summed E-state index contributed by atoms with van der Waals surface area (Å²) >= 11 is 0. The van der Waals surface area contributed by atoms with Crippen molar-refractivity contribution in [2.45, 2.75) is 24.0 Å². The molecule has 4 atom stereocenters. The summed E-state index contributed by atoms with van der Waals surface area (Å²) in [6.07, 6.45) is -2.13. The van der Waals surface area contributed by atoms with E-state index in [2.05, 4.69) is 0 Å². The highest BCUT2D eigenvalue weighted by molar-refractivity contribution is 6.09. The largest absolute Gasteiger partial charge is 0.508 e. The molecule has 44 heavy (non-hydrogen) atoms. The molecule has 10 heteroatoms. The molecule has 0 spiro atoms. The van der Waals surface area contributed by atoms with Crippen LogP contribution in [0.3, 0.4) is 0 Å². The second-order valence-corrected chi connectivity index (χ2v) is 10.4. The lowest BCUT2D eigenvalue weighted by Gasteiger charge is -2.42. The molecule has 0 radical (unpaired) electrons. The van der Waals surface area contributed by atoms with Crippen LogP contribution in [0.4, 0.5) is 0 Å². The van der Waals surface area contributed by atoms with E-state index in [0.717, 1.165) is 0 Å². The third-order valence-electron chi connectivity index (χ3n) is 8.08. The molecule has 2 N–H and O–H groups in total. The van der Waals surface area contributed by atoms with Crippen LogP contribution < -0.4 is 28.4 Å². The fourth-order valence-electron chi connectivity index (χ4n) is 5.94. The Hall–Kier alpha value is -5.38. The number of phenolic OH excluding ortho intramolecular Hbond substituents is 2. The second kappa shape index (κ2) is 11.4. The molecule has 2 aliphatic heterocycles. The monoisotopic (exact) mass is 598 g/mol. The summed E-state index contributed by atoms with van der Waals surface area (Å²) < 4.78 is 34.8. The lowest BCUT2D eigenvalue weighted by atomic mass is 9.74. The quantitative estimate of drug-likeness (QED) is 0.290. The molecule has 4 unspecified atom stereocenters. The van der Waals surface area contributed by atoms with Gasteiger partial charge in [0.1, 0.15) is 57.1 Å². The van der Waals surface area contributed by atoms with E-state index in [-0.39, 0.29) is 51.4 Å². The number of hydrogen-bond donors (Lipinski definition) is 2. The van der Waals surface area contributed by atoms with Crippen molar-refractivity contribution in [2.75, 3.05) is 28.4 Å². The molecular formula is C34H30O10. The van der Waals surface area contributed by atoms with E-state index in [0.29, 0.717) is 22.6 Å². The number of carbonyl (C=O) groups is 2. The first kappa shape index (κ1) is 28.7. The Morgan fingerprint density at radius 3 is 1.57 bits per heavy atom. The molecule has 10 nitrogen and oxygen atoms in total. The zero-order chi connectivity index (χ0) is 31.1. The standard InChI is InChI=1S/C34H30O10/c1-39-20-11-7-18(8-12-20)27-31(37)29-23(36)13-21(40-2)15-25(29)43-33(27)34-28(17-5-9-19(35)10-6-17)32(38)30-24(42-4)14-22(41-3)16-26(30)44-34/h5-16,27-28,33-36H,1-4H3. The van der Waals surface area contributed by atoms with Gasteiger partial charge in [0.2, 0.25) is 0 Å². The van der Waals surface area contributed by atoms with Crippen molar-refractivity contribution >= 4 is 11.6 Å². The number of benzene rings is 4. The summed E-state index contributed by atoms with van der Waals surface area (Å²) in [4.78, 5) is 28.8. The molecule has 2 aliphatic rings. The minimum atomic E-state index is -1.07. The van der Waals surface area contributed by atoms with E-state index in [9.17, 15) is 19.8 Å². The topological polar surface area (TPSA) is 130 Å². The minimum Gasteiger partial charge on any atom is -0.508 e. The van der Waals surface area contributed by atoms with Crippen LogP contribution in [0.15, 0.2) is 72.8 Å². The maximum atomic E-state index is 14.5. The fraction of sp³-hybridized carbons (Fsp3) is 0.235. The molecule has 0 aromatic heterocycles. The molecule has 0 amide bonds. The van der Waals surface area contributed by atoms with Crippen LogP contribution in [0.1, 0.15) is 43.7 Å². The van der Waals surface area contributed by atoms with Crippen LogP contribution in [0.25, 0.3) is 0 Å². The first-order valence-electron chi connectivity index (χ1n) is 13.8. The highest BCUT2D eigenvalue weighted by Gasteiger charge is 2.52. The van der Waals surface area contributed by atoms with Crippen molar-refractivity contribution in [3.63, 3.8) is 0 Å². The zero-order valence-corrected chi connectivity index (χ0v) is 24.4. The van der Waals surface area contributed by atoms with Crippen LogP contribution in [0.5, 0.6) is 46.0 Å². The number of rotatable bonds is 7.